The molecule has 1 aliphatic rings. The molecule has 0 spiro atoms. The molecule has 252 valence electrons. The zero-order valence-electron chi connectivity index (χ0n) is 29.0. The molecule has 11 aromatic rings. The van der Waals surface area contributed by atoms with Gasteiger partial charge in [0.25, 0.3) is 0 Å². The number of hydrogen-bond acceptors (Lipinski definition) is 4. The highest BCUT2D eigenvalue weighted by Gasteiger charge is 2.29. The van der Waals surface area contributed by atoms with Gasteiger partial charge in [-0.15, -0.1) is 11.3 Å². The van der Waals surface area contributed by atoms with E-state index in [0.29, 0.717) is 0 Å². The van der Waals surface area contributed by atoms with Crippen LogP contribution in [0.5, 0.6) is 0 Å². The Kier molecular flexibility index (Phi) is 6.27. The fourth-order valence-corrected chi connectivity index (χ4v) is 9.94. The molecule has 0 fully saturated rings. The van der Waals surface area contributed by atoms with Crippen LogP contribution in [0.2, 0.25) is 0 Å². The molecule has 9 aromatic carbocycles. The monoisotopic (exact) mass is 706 g/mol. The van der Waals surface area contributed by atoms with Gasteiger partial charge in [-0.1, -0.05) is 140 Å². The Bertz CT molecular complexity index is 3340. The molecule has 54 heavy (non-hydrogen) atoms. The number of anilines is 1. The maximum absolute atomic E-state index is 7.01. The minimum absolute atomic E-state index is 0.384. The van der Waals surface area contributed by atoms with Gasteiger partial charge in [-0.2, -0.15) is 0 Å². The van der Waals surface area contributed by atoms with Crippen molar-refractivity contribution in [2.75, 3.05) is 5.32 Å². The van der Waals surface area contributed by atoms with Crippen molar-refractivity contribution in [2.24, 2.45) is 4.99 Å². The lowest BCUT2D eigenvalue weighted by atomic mass is 9.91. The third kappa shape index (κ3) is 4.32. The topological polar surface area (TPSA) is 37.5 Å². The zero-order valence-corrected chi connectivity index (χ0v) is 29.8. The number of rotatable bonds is 3. The van der Waals surface area contributed by atoms with Crippen molar-refractivity contribution in [3.05, 3.63) is 186 Å². The largest absolute Gasteiger partial charge is 0.455 e. The first kappa shape index (κ1) is 29.8. The van der Waals surface area contributed by atoms with E-state index in [1.165, 1.54) is 42.4 Å². The van der Waals surface area contributed by atoms with E-state index in [9.17, 15) is 0 Å². The smallest absolute Gasteiger partial charge is 0.149 e. The van der Waals surface area contributed by atoms with Gasteiger partial charge in [0, 0.05) is 37.4 Å². The molecule has 1 unspecified atom stereocenters. The molecule has 0 amide bonds. The highest BCUT2D eigenvalue weighted by Crippen LogP contribution is 2.47. The second-order valence-corrected chi connectivity index (χ2v) is 15.3. The van der Waals surface area contributed by atoms with Crippen LogP contribution in [0.15, 0.2) is 179 Å². The Balaban J connectivity index is 1.15. The molecule has 1 N–H and O–H groups in total. The summed E-state index contributed by atoms with van der Waals surface area (Å²) in [6.45, 7) is 0. The summed E-state index contributed by atoms with van der Waals surface area (Å²) in [4.78, 5) is 6.72. The number of nitrogens with zero attached hydrogens (tertiary/aromatic N) is 1. The molecule has 12 rings (SSSR count). The fourth-order valence-electron chi connectivity index (χ4n) is 8.75. The minimum Gasteiger partial charge on any atom is -0.455 e. The summed E-state index contributed by atoms with van der Waals surface area (Å²) in [5.41, 5.74) is 8.30. The number of thiophene rings is 1. The van der Waals surface area contributed by atoms with Crippen molar-refractivity contribution >= 4 is 97.9 Å². The van der Waals surface area contributed by atoms with Gasteiger partial charge in [0.05, 0.1) is 16.3 Å². The van der Waals surface area contributed by atoms with Gasteiger partial charge >= 0.3 is 0 Å². The van der Waals surface area contributed by atoms with E-state index in [2.05, 4.69) is 175 Å². The van der Waals surface area contributed by atoms with Crippen molar-refractivity contribution in [1.82, 2.24) is 0 Å². The van der Waals surface area contributed by atoms with Crippen molar-refractivity contribution in [2.45, 2.75) is 6.17 Å². The summed E-state index contributed by atoms with van der Waals surface area (Å²) in [7, 11) is 0. The van der Waals surface area contributed by atoms with Crippen molar-refractivity contribution in [1.29, 1.82) is 0 Å². The van der Waals surface area contributed by atoms with Gasteiger partial charge in [-0.25, -0.2) is 0 Å². The van der Waals surface area contributed by atoms with Crippen LogP contribution in [0.4, 0.5) is 5.69 Å². The Morgan fingerprint density at radius 3 is 1.83 bits per heavy atom. The lowest BCUT2D eigenvalue weighted by Crippen LogP contribution is -2.19. The number of nitrogens with one attached hydrogen (secondary N) is 1. The van der Waals surface area contributed by atoms with E-state index >= 15 is 0 Å². The predicted octanol–water partition coefficient (Wildman–Crippen LogP) is 14.0. The van der Waals surface area contributed by atoms with E-state index in [1.54, 1.807) is 11.3 Å². The molecule has 0 radical (unpaired) electrons. The van der Waals surface area contributed by atoms with Gasteiger partial charge < -0.3 is 9.73 Å². The molecule has 3 nitrogen and oxygen atoms in total. The number of fused-ring (bicyclic) bond motifs is 14. The van der Waals surface area contributed by atoms with Crippen LogP contribution in [0.25, 0.3) is 86.2 Å². The first-order chi connectivity index (χ1) is 26.8. The molecular weight excluding hydrogens is 677 g/mol. The number of hydrogen-bond donors (Lipinski definition) is 1. The van der Waals surface area contributed by atoms with Crippen LogP contribution in [-0.2, 0) is 0 Å². The normalized spacial score (nSPS) is 14.4. The summed E-state index contributed by atoms with van der Waals surface area (Å²) >= 11 is 1.79. The van der Waals surface area contributed by atoms with Crippen molar-refractivity contribution in [3.8, 4) is 11.1 Å². The minimum atomic E-state index is -0.384. The summed E-state index contributed by atoms with van der Waals surface area (Å²) in [6, 6.07) is 61.3. The Morgan fingerprint density at radius 1 is 0.444 bits per heavy atom. The van der Waals surface area contributed by atoms with E-state index < -0.39 is 0 Å². The number of aliphatic imine (C=N–C) groups is 1. The van der Waals surface area contributed by atoms with Crippen LogP contribution >= 0.6 is 11.3 Å². The van der Waals surface area contributed by atoms with Gasteiger partial charge in [0.15, 0.2) is 0 Å². The molecule has 4 heteroatoms. The van der Waals surface area contributed by atoms with E-state index in [-0.39, 0.29) is 6.17 Å². The third-order valence-electron chi connectivity index (χ3n) is 11.3. The second kappa shape index (κ2) is 11.4. The van der Waals surface area contributed by atoms with Gasteiger partial charge in [-0.3, -0.25) is 4.99 Å². The summed E-state index contributed by atoms with van der Waals surface area (Å²) < 4.78 is 8.25. The molecule has 0 saturated heterocycles. The summed E-state index contributed by atoms with van der Waals surface area (Å²) in [5, 5.41) is 17.2. The SMILES string of the molecule is c1ccc(C2=NC(c3cc(-c4ccc5c6ccccc6c6ccccc6c5c4)cc4c3oc3c5ccccc5ccc43)Nc3c2sc2ccccc32)cc1. The number of benzene rings is 9. The first-order valence-corrected chi connectivity index (χ1v) is 19.2. The lowest BCUT2D eigenvalue weighted by molar-refractivity contribution is 0.659. The zero-order chi connectivity index (χ0) is 35.3. The highest BCUT2D eigenvalue weighted by atomic mass is 32.1. The average molecular weight is 707 g/mol. The van der Waals surface area contributed by atoms with Crippen LogP contribution in [0, 0.1) is 0 Å². The summed E-state index contributed by atoms with van der Waals surface area (Å²) in [6.07, 6.45) is -0.384. The van der Waals surface area contributed by atoms with Crippen LogP contribution in [-0.4, -0.2) is 5.71 Å². The fraction of sp³-hybridized carbons (Fsp3) is 0.0200. The number of furan rings is 1. The highest BCUT2D eigenvalue weighted by molar-refractivity contribution is 7.22. The van der Waals surface area contributed by atoms with E-state index in [0.717, 1.165) is 71.2 Å². The maximum atomic E-state index is 7.01. The molecule has 0 saturated carbocycles. The first-order valence-electron chi connectivity index (χ1n) is 18.4. The van der Waals surface area contributed by atoms with Crippen LogP contribution < -0.4 is 5.32 Å². The van der Waals surface area contributed by atoms with Crippen LogP contribution in [0.3, 0.4) is 0 Å². The molecule has 0 aliphatic carbocycles. The average Bonchev–Trinajstić information content (AvgIpc) is 3.82. The Hall–Kier alpha value is -6.75. The predicted molar refractivity (Wildman–Crippen MR) is 229 cm³/mol. The lowest BCUT2D eigenvalue weighted by Gasteiger charge is -2.25. The third-order valence-corrected chi connectivity index (χ3v) is 12.4. The molecule has 0 bridgehead atoms. The second-order valence-electron chi connectivity index (χ2n) is 14.3. The molecular formula is C50H30N2OS. The van der Waals surface area contributed by atoms with Crippen LogP contribution in [0.1, 0.15) is 22.2 Å². The molecule has 3 heterocycles. The quantitative estimate of drug-likeness (QED) is 0.186. The summed E-state index contributed by atoms with van der Waals surface area (Å²) in [5.74, 6) is 0. The van der Waals surface area contributed by atoms with E-state index in [4.69, 9.17) is 9.41 Å². The Labute approximate surface area is 314 Å². The molecule has 1 atom stereocenters. The van der Waals surface area contributed by atoms with Crippen molar-refractivity contribution < 1.29 is 4.42 Å². The van der Waals surface area contributed by atoms with Crippen molar-refractivity contribution in [3.63, 3.8) is 0 Å². The van der Waals surface area contributed by atoms with E-state index in [1.807, 2.05) is 0 Å². The van der Waals surface area contributed by atoms with Gasteiger partial charge in [0.2, 0.25) is 0 Å². The standard InChI is InChI=1S/C50H30N2OS/c1-2-13-30(14-3-1)45-49-46(40-20-10-11-21-44(40)54-49)52-50(51-45)43-28-32(27-42-39-25-22-29-12-4-5-15-33(29)47(39)53-48(42)43)31-23-24-38-36-18-7-6-16-34(36)35-17-8-9-19-37(35)41(38)26-31/h1-28,50,52H. The van der Waals surface area contributed by atoms with Gasteiger partial charge in [-0.05, 0) is 79.2 Å². The molecule has 2 aromatic heterocycles. The van der Waals surface area contributed by atoms with Gasteiger partial charge in [0.1, 0.15) is 17.3 Å². The maximum Gasteiger partial charge on any atom is 0.149 e. The Morgan fingerprint density at radius 2 is 1.06 bits per heavy atom. The molecule has 1 aliphatic heterocycles.